The number of hydrogen-bond donors (Lipinski definition) is 1. The van der Waals surface area contributed by atoms with E-state index < -0.39 is 0 Å². The Hall–Kier alpha value is -1.01. The highest BCUT2D eigenvalue weighted by Gasteiger charge is 2.09. The molecule has 1 aromatic carbocycles. The van der Waals surface area contributed by atoms with E-state index in [1.54, 1.807) is 0 Å². The molecule has 0 spiro atoms. The average molecular weight is 281 g/mol. The molecule has 0 saturated carbocycles. The SMILES string of the molecule is Cc1ccc(NC(C#N)CC(C)C)cc1Br. The zero-order valence-electron chi connectivity index (χ0n) is 9.92. The van der Waals surface area contributed by atoms with Gasteiger partial charge in [-0.05, 0) is 37.0 Å². The first kappa shape index (κ1) is 13.1. The Morgan fingerprint density at radius 3 is 2.62 bits per heavy atom. The van der Waals surface area contributed by atoms with Gasteiger partial charge in [-0.25, -0.2) is 0 Å². The van der Waals surface area contributed by atoms with Crippen molar-refractivity contribution < 1.29 is 0 Å². The van der Waals surface area contributed by atoms with E-state index in [4.69, 9.17) is 5.26 Å². The lowest BCUT2D eigenvalue weighted by molar-refractivity contribution is 0.568. The number of anilines is 1. The third-order valence-corrected chi connectivity index (χ3v) is 3.23. The molecule has 2 nitrogen and oxygen atoms in total. The Kier molecular flexibility index (Phi) is 4.82. The highest BCUT2D eigenvalue weighted by Crippen LogP contribution is 2.21. The van der Waals surface area contributed by atoms with Crippen LogP contribution in [0.4, 0.5) is 5.69 Å². The number of nitrogens with one attached hydrogen (secondary N) is 1. The van der Waals surface area contributed by atoms with Crippen LogP contribution in [0.1, 0.15) is 25.8 Å². The Morgan fingerprint density at radius 2 is 2.12 bits per heavy atom. The maximum atomic E-state index is 9.04. The van der Waals surface area contributed by atoms with Crippen LogP contribution in [0, 0.1) is 24.2 Å². The van der Waals surface area contributed by atoms with Crippen LogP contribution in [0.2, 0.25) is 0 Å². The Bertz CT molecular complexity index is 393. The second kappa shape index (κ2) is 5.91. The first-order valence-electron chi connectivity index (χ1n) is 5.45. The first-order valence-corrected chi connectivity index (χ1v) is 6.24. The average Bonchev–Trinajstić information content (AvgIpc) is 2.22. The number of rotatable bonds is 4. The molecule has 1 aromatic rings. The fourth-order valence-corrected chi connectivity index (χ4v) is 1.88. The maximum absolute atomic E-state index is 9.04. The number of benzene rings is 1. The van der Waals surface area contributed by atoms with E-state index in [0.717, 1.165) is 16.6 Å². The van der Waals surface area contributed by atoms with E-state index in [1.165, 1.54) is 5.56 Å². The minimum absolute atomic E-state index is 0.116. The maximum Gasteiger partial charge on any atom is 0.114 e. The van der Waals surface area contributed by atoms with E-state index in [1.807, 2.05) is 25.1 Å². The van der Waals surface area contributed by atoms with Crippen LogP contribution in [0.15, 0.2) is 22.7 Å². The van der Waals surface area contributed by atoms with Gasteiger partial charge in [0.2, 0.25) is 0 Å². The summed E-state index contributed by atoms with van der Waals surface area (Å²) in [5.41, 5.74) is 2.19. The van der Waals surface area contributed by atoms with Gasteiger partial charge in [0.1, 0.15) is 6.04 Å². The molecule has 1 unspecified atom stereocenters. The number of nitrogens with zero attached hydrogens (tertiary/aromatic N) is 1. The summed E-state index contributed by atoms with van der Waals surface area (Å²) in [6, 6.07) is 8.23. The summed E-state index contributed by atoms with van der Waals surface area (Å²) in [5.74, 6) is 0.519. The standard InChI is InChI=1S/C13H17BrN2/c1-9(2)6-12(8-15)16-11-5-4-10(3)13(14)7-11/h4-5,7,9,12,16H,6H2,1-3H3. The molecule has 16 heavy (non-hydrogen) atoms. The second-order valence-corrected chi connectivity index (χ2v) is 5.27. The summed E-state index contributed by atoms with van der Waals surface area (Å²) in [4.78, 5) is 0. The van der Waals surface area contributed by atoms with Gasteiger partial charge in [0.25, 0.3) is 0 Å². The van der Waals surface area contributed by atoms with Gasteiger partial charge < -0.3 is 5.32 Å². The van der Waals surface area contributed by atoms with Crippen molar-refractivity contribution in [1.82, 2.24) is 0 Å². The van der Waals surface area contributed by atoms with Crippen LogP contribution in [-0.2, 0) is 0 Å². The second-order valence-electron chi connectivity index (χ2n) is 4.42. The largest absolute Gasteiger partial charge is 0.370 e. The van der Waals surface area contributed by atoms with Gasteiger partial charge in [-0.1, -0.05) is 35.8 Å². The van der Waals surface area contributed by atoms with Gasteiger partial charge in [0.15, 0.2) is 0 Å². The van der Waals surface area contributed by atoms with Gasteiger partial charge in [-0.3, -0.25) is 0 Å². The van der Waals surface area contributed by atoms with Gasteiger partial charge in [0.05, 0.1) is 6.07 Å². The van der Waals surface area contributed by atoms with Gasteiger partial charge in [-0.2, -0.15) is 5.26 Å². The lowest BCUT2D eigenvalue weighted by Crippen LogP contribution is -2.19. The molecule has 3 heteroatoms. The van der Waals surface area contributed by atoms with Crippen LogP contribution >= 0.6 is 15.9 Å². The molecule has 1 atom stereocenters. The molecule has 0 aliphatic rings. The van der Waals surface area contributed by atoms with Crippen molar-refractivity contribution >= 4 is 21.6 Å². The van der Waals surface area contributed by atoms with Gasteiger partial charge >= 0.3 is 0 Å². The number of nitriles is 1. The zero-order valence-corrected chi connectivity index (χ0v) is 11.5. The van der Waals surface area contributed by atoms with Crippen molar-refractivity contribution in [1.29, 1.82) is 5.26 Å². The van der Waals surface area contributed by atoms with Crippen molar-refractivity contribution in [3.05, 3.63) is 28.2 Å². The van der Waals surface area contributed by atoms with Crippen molar-refractivity contribution in [2.45, 2.75) is 33.2 Å². The predicted octanol–water partition coefficient (Wildman–Crippen LogP) is 4.11. The van der Waals surface area contributed by atoms with Crippen molar-refractivity contribution in [3.8, 4) is 6.07 Å². The third-order valence-electron chi connectivity index (χ3n) is 2.38. The van der Waals surface area contributed by atoms with E-state index in [-0.39, 0.29) is 6.04 Å². The molecular weight excluding hydrogens is 264 g/mol. The van der Waals surface area contributed by atoms with Crippen LogP contribution in [0.3, 0.4) is 0 Å². The lowest BCUT2D eigenvalue weighted by Gasteiger charge is -2.15. The van der Waals surface area contributed by atoms with E-state index >= 15 is 0 Å². The van der Waals surface area contributed by atoms with Crippen molar-refractivity contribution in [3.63, 3.8) is 0 Å². The van der Waals surface area contributed by atoms with Crippen molar-refractivity contribution in [2.75, 3.05) is 5.32 Å². The lowest BCUT2D eigenvalue weighted by atomic mass is 10.0. The molecule has 0 aliphatic heterocycles. The molecule has 0 aliphatic carbocycles. The molecule has 0 heterocycles. The van der Waals surface area contributed by atoms with Crippen LogP contribution < -0.4 is 5.32 Å². The van der Waals surface area contributed by atoms with Gasteiger partial charge in [-0.15, -0.1) is 0 Å². The molecule has 1 N–H and O–H groups in total. The highest BCUT2D eigenvalue weighted by atomic mass is 79.9. The minimum atomic E-state index is -0.116. The topological polar surface area (TPSA) is 35.8 Å². The molecule has 0 aromatic heterocycles. The Labute approximate surface area is 106 Å². The van der Waals surface area contributed by atoms with E-state index in [0.29, 0.717) is 5.92 Å². The molecule has 0 bridgehead atoms. The Balaban J connectivity index is 2.71. The fourth-order valence-electron chi connectivity index (χ4n) is 1.50. The number of aryl methyl sites for hydroxylation is 1. The predicted molar refractivity (Wildman–Crippen MR) is 71.4 cm³/mol. The van der Waals surface area contributed by atoms with E-state index in [9.17, 15) is 0 Å². The molecule has 0 fully saturated rings. The summed E-state index contributed by atoms with van der Waals surface area (Å²) >= 11 is 3.49. The molecule has 1 rings (SSSR count). The zero-order chi connectivity index (χ0) is 12.1. The third kappa shape index (κ3) is 3.86. The summed E-state index contributed by atoms with van der Waals surface area (Å²) in [5, 5.41) is 12.3. The summed E-state index contributed by atoms with van der Waals surface area (Å²) in [6.07, 6.45) is 0.863. The first-order chi connectivity index (χ1) is 7.52. The summed E-state index contributed by atoms with van der Waals surface area (Å²) in [7, 11) is 0. The van der Waals surface area contributed by atoms with Crippen LogP contribution in [0.25, 0.3) is 0 Å². The fraction of sp³-hybridized carbons (Fsp3) is 0.462. The molecule has 0 radical (unpaired) electrons. The molecule has 86 valence electrons. The van der Waals surface area contributed by atoms with Crippen LogP contribution in [-0.4, -0.2) is 6.04 Å². The number of halogens is 1. The monoisotopic (exact) mass is 280 g/mol. The van der Waals surface area contributed by atoms with E-state index in [2.05, 4.69) is 41.2 Å². The molecular formula is C13H17BrN2. The normalized spacial score (nSPS) is 12.2. The number of hydrogen-bond acceptors (Lipinski definition) is 2. The van der Waals surface area contributed by atoms with Crippen LogP contribution in [0.5, 0.6) is 0 Å². The highest BCUT2D eigenvalue weighted by molar-refractivity contribution is 9.10. The minimum Gasteiger partial charge on any atom is -0.370 e. The molecule has 0 saturated heterocycles. The Morgan fingerprint density at radius 1 is 1.44 bits per heavy atom. The quantitative estimate of drug-likeness (QED) is 0.901. The van der Waals surface area contributed by atoms with Gasteiger partial charge in [0, 0.05) is 10.2 Å². The van der Waals surface area contributed by atoms with Crippen molar-refractivity contribution in [2.24, 2.45) is 5.92 Å². The molecule has 0 amide bonds. The summed E-state index contributed by atoms with van der Waals surface area (Å²) in [6.45, 7) is 6.29. The smallest absolute Gasteiger partial charge is 0.114 e. The summed E-state index contributed by atoms with van der Waals surface area (Å²) < 4.78 is 1.07.